The molecule has 8 nitrogen and oxygen atoms in total. The summed E-state index contributed by atoms with van der Waals surface area (Å²) in [6, 6.07) is 12.9. The summed E-state index contributed by atoms with van der Waals surface area (Å²) in [6.45, 7) is -0.189. The number of hydrogen-bond acceptors (Lipinski definition) is 5. The Bertz CT molecular complexity index is 1220. The van der Waals surface area contributed by atoms with Crippen molar-refractivity contribution in [2.75, 3.05) is 11.4 Å². The van der Waals surface area contributed by atoms with E-state index in [1.807, 2.05) is 36.0 Å². The number of aryl methyl sites for hydroxylation is 1. The number of imide groups is 1. The highest BCUT2D eigenvalue weighted by atomic mass is 32.2. The van der Waals surface area contributed by atoms with Crippen LogP contribution in [0.2, 0.25) is 0 Å². The number of fused-ring (bicyclic) bond motifs is 1. The largest absolute Gasteiger partial charge is 0.387 e. The maximum atomic E-state index is 12.6. The van der Waals surface area contributed by atoms with Gasteiger partial charge in [-0.05, 0) is 53.4 Å². The van der Waals surface area contributed by atoms with Gasteiger partial charge in [0, 0.05) is 38.1 Å². The zero-order valence-electron chi connectivity index (χ0n) is 16.3. The highest BCUT2D eigenvalue weighted by Gasteiger charge is 2.30. The number of aliphatic hydroxyl groups excluding tert-OH is 1. The first-order chi connectivity index (χ1) is 14.3. The predicted molar refractivity (Wildman–Crippen MR) is 111 cm³/mol. The minimum Gasteiger partial charge on any atom is -0.387 e. The van der Waals surface area contributed by atoms with Gasteiger partial charge in [-0.25, -0.2) is 13.1 Å². The van der Waals surface area contributed by atoms with E-state index < -0.39 is 16.1 Å². The van der Waals surface area contributed by atoms with Gasteiger partial charge in [0.25, 0.3) is 0 Å². The lowest BCUT2D eigenvalue weighted by Crippen LogP contribution is -2.29. The van der Waals surface area contributed by atoms with Gasteiger partial charge in [-0.2, -0.15) is 0 Å². The van der Waals surface area contributed by atoms with Gasteiger partial charge in [0.1, 0.15) is 0 Å². The van der Waals surface area contributed by atoms with Crippen LogP contribution < -0.4 is 9.62 Å². The number of anilines is 1. The lowest BCUT2D eigenvalue weighted by atomic mass is 10.1. The molecule has 30 heavy (non-hydrogen) atoms. The summed E-state index contributed by atoms with van der Waals surface area (Å²) < 4.78 is 29.5. The van der Waals surface area contributed by atoms with Crippen LogP contribution in [0.1, 0.15) is 24.5 Å². The average Bonchev–Trinajstić information content (AvgIpc) is 3.27. The molecule has 1 saturated heterocycles. The molecule has 3 aromatic rings. The number of aromatic nitrogens is 1. The molecule has 156 valence electrons. The summed E-state index contributed by atoms with van der Waals surface area (Å²) in [7, 11) is -1.95. The summed E-state index contributed by atoms with van der Waals surface area (Å²) in [4.78, 5) is 24.7. The fraction of sp³-hybridized carbons (Fsp3) is 0.238. The van der Waals surface area contributed by atoms with Gasteiger partial charge in [-0.3, -0.25) is 14.5 Å². The molecule has 1 unspecified atom stereocenters. The topological polar surface area (TPSA) is 109 Å². The zero-order valence-corrected chi connectivity index (χ0v) is 17.1. The van der Waals surface area contributed by atoms with Crippen molar-refractivity contribution in [1.29, 1.82) is 0 Å². The van der Waals surface area contributed by atoms with E-state index in [1.165, 1.54) is 24.3 Å². The molecular formula is C21H21N3O5S. The van der Waals surface area contributed by atoms with Crippen molar-refractivity contribution in [1.82, 2.24) is 9.29 Å². The Kier molecular flexibility index (Phi) is 5.19. The van der Waals surface area contributed by atoms with Crippen LogP contribution in [-0.2, 0) is 26.7 Å². The van der Waals surface area contributed by atoms with E-state index in [0.717, 1.165) is 15.8 Å². The molecular weight excluding hydrogens is 406 g/mol. The Labute approximate surface area is 173 Å². The van der Waals surface area contributed by atoms with Crippen LogP contribution in [0.15, 0.2) is 59.6 Å². The molecule has 4 rings (SSSR count). The lowest BCUT2D eigenvalue weighted by molar-refractivity contribution is -0.121. The minimum absolute atomic E-state index is 0.0175. The van der Waals surface area contributed by atoms with E-state index in [9.17, 15) is 23.1 Å². The number of carbonyl (C=O) groups is 2. The van der Waals surface area contributed by atoms with Gasteiger partial charge in [0.2, 0.25) is 21.8 Å². The molecule has 0 spiro atoms. The van der Waals surface area contributed by atoms with Crippen LogP contribution >= 0.6 is 0 Å². The fourth-order valence-corrected chi connectivity index (χ4v) is 4.57. The second-order valence-corrected chi connectivity index (χ2v) is 9.00. The number of amides is 2. The van der Waals surface area contributed by atoms with Crippen LogP contribution in [0, 0.1) is 0 Å². The third-order valence-electron chi connectivity index (χ3n) is 5.22. The Hall–Kier alpha value is -3.01. The molecule has 0 saturated carbocycles. The molecule has 2 N–H and O–H groups in total. The standard InChI is InChI=1S/C21H21N3O5S/c1-23-11-10-14-12-15(2-7-18(14)23)19(25)13-22-30(28,29)17-5-3-16(4-6-17)24-20(26)8-9-21(24)27/h2-7,10-12,19,22,25H,8-9,13H2,1H3. The SMILES string of the molecule is Cn1ccc2cc(C(O)CNS(=O)(=O)c3ccc(N4C(=O)CCC4=O)cc3)ccc21. The molecule has 1 aromatic heterocycles. The minimum atomic E-state index is -3.87. The normalized spacial score (nSPS) is 15.9. The number of rotatable bonds is 6. The van der Waals surface area contributed by atoms with Crippen LogP contribution in [0.5, 0.6) is 0 Å². The molecule has 2 amide bonds. The molecule has 2 heterocycles. The van der Waals surface area contributed by atoms with Crippen molar-refractivity contribution in [3.8, 4) is 0 Å². The summed E-state index contributed by atoms with van der Waals surface area (Å²) in [5, 5.41) is 11.4. The summed E-state index contributed by atoms with van der Waals surface area (Å²) in [6.07, 6.45) is 1.22. The number of nitrogens with one attached hydrogen (secondary N) is 1. The van der Waals surface area contributed by atoms with Gasteiger partial charge < -0.3 is 9.67 Å². The molecule has 1 atom stereocenters. The second kappa shape index (κ2) is 7.67. The molecule has 0 aliphatic carbocycles. The fourth-order valence-electron chi connectivity index (χ4n) is 3.54. The Morgan fingerprint density at radius 1 is 1.03 bits per heavy atom. The first kappa shape index (κ1) is 20.3. The molecule has 9 heteroatoms. The van der Waals surface area contributed by atoms with E-state index >= 15 is 0 Å². The maximum absolute atomic E-state index is 12.6. The van der Waals surface area contributed by atoms with Gasteiger partial charge >= 0.3 is 0 Å². The Balaban J connectivity index is 1.45. The van der Waals surface area contributed by atoms with Crippen molar-refractivity contribution in [3.05, 3.63) is 60.3 Å². The van der Waals surface area contributed by atoms with E-state index in [-0.39, 0.29) is 36.1 Å². The number of nitrogens with zero attached hydrogens (tertiary/aromatic N) is 2. The van der Waals surface area contributed by atoms with Gasteiger partial charge in [-0.15, -0.1) is 0 Å². The molecule has 1 aliphatic rings. The molecule has 2 aromatic carbocycles. The maximum Gasteiger partial charge on any atom is 0.240 e. The van der Waals surface area contributed by atoms with Crippen molar-refractivity contribution in [3.63, 3.8) is 0 Å². The molecule has 1 aliphatic heterocycles. The van der Waals surface area contributed by atoms with E-state index in [2.05, 4.69) is 4.72 Å². The second-order valence-electron chi connectivity index (χ2n) is 7.23. The third-order valence-corrected chi connectivity index (χ3v) is 6.66. The number of aliphatic hydroxyl groups is 1. The summed E-state index contributed by atoms with van der Waals surface area (Å²) >= 11 is 0. The van der Waals surface area contributed by atoms with Crippen LogP contribution in [0.3, 0.4) is 0 Å². The first-order valence-corrected chi connectivity index (χ1v) is 10.9. The summed E-state index contributed by atoms with van der Waals surface area (Å²) in [5.41, 5.74) is 1.97. The number of carbonyl (C=O) groups excluding carboxylic acids is 2. The Morgan fingerprint density at radius 3 is 2.37 bits per heavy atom. The quantitative estimate of drug-likeness (QED) is 0.584. The molecule has 0 bridgehead atoms. The van der Waals surface area contributed by atoms with Gasteiger partial charge in [-0.1, -0.05) is 6.07 Å². The van der Waals surface area contributed by atoms with E-state index in [4.69, 9.17) is 0 Å². The van der Waals surface area contributed by atoms with Gasteiger partial charge in [0.05, 0.1) is 16.7 Å². The van der Waals surface area contributed by atoms with Crippen molar-refractivity contribution >= 4 is 38.4 Å². The summed E-state index contributed by atoms with van der Waals surface area (Å²) in [5.74, 6) is -0.598. The molecule has 1 fully saturated rings. The smallest absolute Gasteiger partial charge is 0.240 e. The highest BCUT2D eigenvalue weighted by Crippen LogP contribution is 2.24. The van der Waals surface area contributed by atoms with Crippen molar-refractivity contribution < 1.29 is 23.1 Å². The van der Waals surface area contributed by atoms with Crippen LogP contribution in [-0.4, -0.2) is 36.5 Å². The van der Waals surface area contributed by atoms with E-state index in [0.29, 0.717) is 11.3 Å². The van der Waals surface area contributed by atoms with Crippen LogP contribution in [0.4, 0.5) is 5.69 Å². The highest BCUT2D eigenvalue weighted by molar-refractivity contribution is 7.89. The third kappa shape index (κ3) is 3.74. The zero-order chi connectivity index (χ0) is 21.5. The average molecular weight is 427 g/mol. The van der Waals surface area contributed by atoms with Crippen molar-refractivity contribution in [2.24, 2.45) is 7.05 Å². The van der Waals surface area contributed by atoms with Crippen molar-refractivity contribution in [2.45, 2.75) is 23.8 Å². The van der Waals surface area contributed by atoms with Crippen LogP contribution in [0.25, 0.3) is 10.9 Å². The monoisotopic (exact) mass is 427 g/mol. The predicted octanol–water partition coefficient (Wildman–Crippen LogP) is 1.84. The van der Waals surface area contributed by atoms with Gasteiger partial charge in [0.15, 0.2) is 0 Å². The van der Waals surface area contributed by atoms with E-state index in [1.54, 1.807) is 6.07 Å². The lowest BCUT2D eigenvalue weighted by Gasteiger charge is -2.15. The Morgan fingerprint density at radius 2 is 1.70 bits per heavy atom. The number of sulfonamides is 1. The number of benzene rings is 2. The molecule has 0 radical (unpaired) electrons. The number of hydrogen-bond donors (Lipinski definition) is 2. The first-order valence-electron chi connectivity index (χ1n) is 9.45.